The predicted molar refractivity (Wildman–Crippen MR) is 146 cm³/mol. The van der Waals surface area contributed by atoms with E-state index in [9.17, 15) is 24.3 Å². The van der Waals surface area contributed by atoms with Gasteiger partial charge in [0.25, 0.3) is 0 Å². The summed E-state index contributed by atoms with van der Waals surface area (Å²) in [6, 6.07) is 3.74. The predicted octanol–water partition coefficient (Wildman–Crippen LogP) is 4.41. The van der Waals surface area contributed by atoms with Crippen LogP contribution < -0.4 is 5.32 Å². The van der Waals surface area contributed by atoms with Crippen LogP contribution in [0.2, 0.25) is 0 Å². The quantitative estimate of drug-likeness (QED) is 0.537. The van der Waals surface area contributed by atoms with Crippen LogP contribution in [0.3, 0.4) is 0 Å². The van der Waals surface area contributed by atoms with Crippen LogP contribution in [0.5, 0.6) is 0 Å². The zero-order valence-electron chi connectivity index (χ0n) is 23.7. The molecule has 4 rings (SSSR count). The van der Waals surface area contributed by atoms with Crippen LogP contribution >= 0.6 is 0 Å². The number of carbonyl (C=O) groups is 4. The van der Waals surface area contributed by atoms with Crippen molar-refractivity contribution in [1.29, 1.82) is 0 Å². The van der Waals surface area contributed by atoms with E-state index in [1.807, 2.05) is 44.2 Å². The summed E-state index contributed by atoms with van der Waals surface area (Å²) in [7, 11) is 0. The number of nitrogens with zero attached hydrogens (tertiary/aromatic N) is 2. The second kappa shape index (κ2) is 12.5. The summed E-state index contributed by atoms with van der Waals surface area (Å²) in [4.78, 5) is 52.8. The minimum absolute atomic E-state index is 0.0209. The number of carbonyl (C=O) groups excluding carboxylic acids is 3. The first kappa shape index (κ1) is 30.0. The smallest absolute Gasteiger partial charge is 0.410 e. The summed E-state index contributed by atoms with van der Waals surface area (Å²) in [5, 5.41) is 12.1. The van der Waals surface area contributed by atoms with Gasteiger partial charge in [-0.3, -0.25) is 9.69 Å². The minimum atomic E-state index is -1.19. The number of carboxylic acids is 1. The highest BCUT2D eigenvalue weighted by molar-refractivity contribution is 5.89. The van der Waals surface area contributed by atoms with Gasteiger partial charge in [0.05, 0.1) is 19.7 Å². The molecule has 1 aromatic rings. The molecule has 1 aromatic carbocycles. The molecule has 1 saturated heterocycles. The number of rotatable bonds is 1. The van der Waals surface area contributed by atoms with Gasteiger partial charge in [-0.15, -0.1) is 0 Å². The molecule has 3 aliphatic rings. The number of ether oxygens (including phenoxy) is 2. The second-order valence-electron chi connectivity index (χ2n) is 11.9. The Morgan fingerprint density at radius 2 is 1.85 bits per heavy atom. The van der Waals surface area contributed by atoms with Crippen LogP contribution in [0.15, 0.2) is 24.3 Å². The maximum atomic E-state index is 13.0. The molecule has 10 heteroatoms. The molecule has 4 bridgehead atoms. The highest BCUT2D eigenvalue weighted by Crippen LogP contribution is 2.30. The lowest BCUT2D eigenvalue weighted by atomic mass is 9.90. The van der Waals surface area contributed by atoms with Crippen molar-refractivity contribution in [2.75, 3.05) is 13.2 Å². The van der Waals surface area contributed by atoms with Crippen molar-refractivity contribution < 1.29 is 33.8 Å². The lowest BCUT2D eigenvalue weighted by molar-refractivity contribution is -0.148. The van der Waals surface area contributed by atoms with E-state index in [0.29, 0.717) is 19.5 Å². The number of hydrogen-bond acceptors (Lipinski definition) is 6. The number of nitrogens with one attached hydrogen (secondary N) is 1. The summed E-state index contributed by atoms with van der Waals surface area (Å²) in [6.45, 7) is 12.8. The van der Waals surface area contributed by atoms with Gasteiger partial charge in [0, 0.05) is 18.4 Å². The number of allylic oxidation sites excluding steroid dienone is 1. The van der Waals surface area contributed by atoms with Crippen molar-refractivity contribution in [3.63, 3.8) is 0 Å². The van der Waals surface area contributed by atoms with Gasteiger partial charge >= 0.3 is 18.2 Å². The number of amides is 3. The molecule has 1 fully saturated rings. The first-order chi connectivity index (χ1) is 18.3. The third-order valence-corrected chi connectivity index (χ3v) is 6.64. The Labute approximate surface area is 230 Å². The average molecular weight is 544 g/mol. The maximum Gasteiger partial charge on any atom is 0.410 e. The summed E-state index contributed by atoms with van der Waals surface area (Å²) < 4.78 is 11.0. The molecule has 39 heavy (non-hydrogen) atoms. The molecule has 10 nitrogen and oxygen atoms in total. The van der Waals surface area contributed by atoms with E-state index in [1.54, 1.807) is 4.90 Å². The van der Waals surface area contributed by atoms with Crippen molar-refractivity contribution in [2.24, 2.45) is 11.3 Å². The van der Waals surface area contributed by atoms with Gasteiger partial charge in [0.15, 0.2) is 0 Å². The fraction of sp³-hybridized carbons (Fsp3) is 0.586. The Balaban J connectivity index is 0.000000983. The molecule has 214 valence electrons. The van der Waals surface area contributed by atoms with E-state index < -0.39 is 42.3 Å². The lowest BCUT2D eigenvalue weighted by Crippen LogP contribution is -2.50. The fourth-order valence-electron chi connectivity index (χ4n) is 4.66. The Bertz CT molecular complexity index is 1110. The van der Waals surface area contributed by atoms with Crippen LogP contribution in [-0.4, -0.2) is 70.3 Å². The number of aliphatic carboxylic acids is 1. The van der Waals surface area contributed by atoms with Crippen LogP contribution in [0, 0.1) is 11.3 Å². The van der Waals surface area contributed by atoms with Gasteiger partial charge in [-0.25, -0.2) is 14.4 Å². The zero-order chi connectivity index (χ0) is 28.9. The van der Waals surface area contributed by atoms with E-state index in [1.165, 1.54) is 6.92 Å². The third kappa shape index (κ3) is 7.97. The number of cyclic esters (lactones) is 1. The molecule has 0 unspecified atom stereocenters. The Morgan fingerprint density at radius 1 is 1.15 bits per heavy atom. The number of carboxylic acid groups (broad SMARTS) is 1. The van der Waals surface area contributed by atoms with E-state index in [4.69, 9.17) is 9.47 Å². The van der Waals surface area contributed by atoms with Crippen LogP contribution in [0.25, 0.3) is 6.08 Å². The Kier molecular flexibility index (Phi) is 9.63. The zero-order valence-corrected chi connectivity index (χ0v) is 23.7. The summed E-state index contributed by atoms with van der Waals surface area (Å²) >= 11 is 0. The van der Waals surface area contributed by atoms with E-state index in [-0.39, 0.29) is 25.0 Å². The molecule has 2 N–H and O–H groups in total. The van der Waals surface area contributed by atoms with E-state index >= 15 is 0 Å². The monoisotopic (exact) mass is 543 g/mol. The average Bonchev–Trinajstić information content (AvgIpc) is 3.46. The third-order valence-electron chi connectivity index (χ3n) is 6.64. The van der Waals surface area contributed by atoms with Gasteiger partial charge in [-0.2, -0.15) is 0 Å². The van der Waals surface area contributed by atoms with Gasteiger partial charge in [-0.1, -0.05) is 65.0 Å². The molecule has 0 spiro atoms. The number of hydrogen-bond donors (Lipinski definition) is 2. The first-order valence-corrected chi connectivity index (χ1v) is 13.5. The van der Waals surface area contributed by atoms with Crippen molar-refractivity contribution in [1.82, 2.24) is 15.1 Å². The largest absolute Gasteiger partial charge is 0.480 e. The molecule has 0 aromatic heterocycles. The van der Waals surface area contributed by atoms with Crippen molar-refractivity contribution >= 4 is 30.1 Å². The van der Waals surface area contributed by atoms with Crippen LogP contribution in [0.4, 0.5) is 9.59 Å². The number of alkyl carbamates (subject to hydrolysis) is 1. The van der Waals surface area contributed by atoms with Crippen molar-refractivity contribution in [3.05, 3.63) is 41.0 Å². The molecular weight excluding hydrogens is 502 g/mol. The first-order valence-electron chi connectivity index (χ1n) is 13.5. The molecule has 0 radical (unpaired) electrons. The SMILES string of the molecule is CC(C)C.C[C@@H]1NC(=O)OCC(C)(C)C/C=C/c2cccc3c2CN(C3)C(=O)O[C@@H]2C[C@@H](C(=O)O)N(C2)C1=O. The Hall–Kier alpha value is -3.56. The minimum Gasteiger partial charge on any atom is -0.480 e. The summed E-state index contributed by atoms with van der Waals surface area (Å²) in [6.07, 6.45) is 2.58. The lowest BCUT2D eigenvalue weighted by Gasteiger charge is -2.26. The van der Waals surface area contributed by atoms with Crippen molar-refractivity contribution in [3.8, 4) is 0 Å². The highest BCUT2D eigenvalue weighted by Gasteiger charge is 2.43. The summed E-state index contributed by atoms with van der Waals surface area (Å²) in [5.74, 6) is -0.938. The molecule has 0 aliphatic carbocycles. The molecule has 3 aliphatic heterocycles. The highest BCUT2D eigenvalue weighted by atomic mass is 16.6. The Morgan fingerprint density at radius 3 is 2.51 bits per heavy atom. The van der Waals surface area contributed by atoms with Gasteiger partial charge in [0.2, 0.25) is 5.91 Å². The maximum absolute atomic E-state index is 13.0. The van der Waals surface area contributed by atoms with Crippen LogP contribution in [-0.2, 0) is 32.2 Å². The molecular formula is C29H41N3O7. The normalized spacial score (nSPS) is 25.8. The van der Waals surface area contributed by atoms with E-state index in [2.05, 4.69) is 26.1 Å². The van der Waals surface area contributed by atoms with E-state index in [0.717, 1.165) is 27.5 Å². The molecule has 0 saturated carbocycles. The second-order valence-corrected chi connectivity index (χ2v) is 11.9. The van der Waals surface area contributed by atoms with Crippen LogP contribution in [0.1, 0.15) is 71.1 Å². The number of benzene rings is 1. The van der Waals surface area contributed by atoms with Gasteiger partial charge in [-0.05, 0) is 36.0 Å². The molecule has 3 atom stereocenters. The van der Waals surface area contributed by atoms with Gasteiger partial charge < -0.3 is 24.8 Å². The van der Waals surface area contributed by atoms with Gasteiger partial charge in [0.1, 0.15) is 18.2 Å². The topological polar surface area (TPSA) is 125 Å². The van der Waals surface area contributed by atoms with Crippen molar-refractivity contribution in [2.45, 2.75) is 85.7 Å². The standard InChI is InChI=1S/C25H31N3O7.C4H10/c1-15-21(29)28-12-18(10-20(28)22(30)31)35-24(33)27-11-17-7-4-6-16(19(17)13-27)8-5-9-25(2,3)14-34-23(32)26-15;1-4(2)3/h4-8,15,18,20H,9-14H2,1-3H3,(H,26,32)(H,30,31);4H,1-3H3/b8-5+;/t15-,18+,20-;/m0./s1. The molecule has 3 amide bonds. The fourth-order valence-corrected chi connectivity index (χ4v) is 4.66. The molecule has 3 heterocycles. The summed E-state index contributed by atoms with van der Waals surface area (Å²) in [5.41, 5.74) is 2.71. The number of fused-ring (bicyclic) bond motifs is 3.